The van der Waals surface area contributed by atoms with Crippen molar-refractivity contribution in [3.63, 3.8) is 0 Å². The highest BCUT2D eigenvalue weighted by Gasteiger charge is 2.24. The molecule has 0 aliphatic carbocycles. The molecular formula is C11H11FO2S. The van der Waals surface area contributed by atoms with E-state index >= 15 is 0 Å². The molecule has 1 aliphatic rings. The van der Waals surface area contributed by atoms with Crippen molar-refractivity contribution in [2.75, 3.05) is 5.75 Å². The maximum absolute atomic E-state index is 13.4. The van der Waals surface area contributed by atoms with Gasteiger partial charge in [0.25, 0.3) is 0 Å². The largest absolute Gasteiger partial charge is 0.481 e. The number of rotatable bonds is 2. The number of carboxylic acid groups (broad SMARTS) is 1. The third-order valence-electron chi connectivity index (χ3n) is 2.57. The molecule has 0 aromatic heterocycles. The minimum absolute atomic E-state index is 0.0329. The molecule has 80 valence electrons. The fourth-order valence-electron chi connectivity index (χ4n) is 1.88. The second-order valence-electron chi connectivity index (χ2n) is 3.59. The lowest BCUT2D eigenvalue weighted by Gasteiger charge is -2.23. The average Bonchev–Trinajstić information content (AvgIpc) is 2.19. The molecule has 0 spiro atoms. The van der Waals surface area contributed by atoms with Crippen LogP contribution in [0.25, 0.3) is 0 Å². The molecular weight excluding hydrogens is 215 g/mol. The molecule has 4 heteroatoms. The minimum atomic E-state index is -0.817. The van der Waals surface area contributed by atoms with Gasteiger partial charge < -0.3 is 5.11 Å². The Kier molecular flexibility index (Phi) is 2.95. The van der Waals surface area contributed by atoms with Gasteiger partial charge in [-0.2, -0.15) is 0 Å². The summed E-state index contributed by atoms with van der Waals surface area (Å²) < 4.78 is 13.4. The smallest absolute Gasteiger partial charge is 0.303 e. The quantitative estimate of drug-likeness (QED) is 0.842. The van der Waals surface area contributed by atoms with E-state index in [1.165, 1.54) is 17.8 Å². The first kappa shape index (κ1) is 10.5. The predicted octanol–water partition coefficient (Wildman–Crippen LogP) is 2.88. The van der Waals surface area contributed by atoms with Crippen LogP contribution in [0.3, 0.4) is 0 Å². The molecule has 2 rings (SSSR count). The van der Waals surface area contributed by atoms with Gasteiger partial charge in [-0.1, -0.05) is 12.1 Å². The Morgan fingerprint density at radius 2 is 2.40 bits per heavy atom. The molecule has 1 N–H and O–H groups in total. The summed E-state index contributed by atoms with van der Waals surface area (Å²) in [5.41, 5.74) is 0.855. The van der Waals surface area contributed by atoms with Gasteiger partial charge in [-0.15, -0.1) is 11.8 Å². The van der Waals surface area contributed by atoms with Gasteiger partial charge in [0.1, 0.15) is 5.82 Å². The number of benzene rings is 1. The summed E-state index contributed by atoms with van der Waals surface area (Å²) in [5, 5.41) is 8.76. The van der Waals surface area contributed by atoms with E-state index in [1.807, 2.05) is 6.07 Å². The molecule has 2 nitrogen and oxygen atoms in total. The number of fused-ring (bicyclic) bond motifs is 1. The Morgan fingerprint density at radius 3 is 3.13 bits per heavy atom. The molecule has 1 unspecified atom stereocenters. The summed E-state index contributed by atoms with van der Waals surface area (Å²) in [4.78, 5) is 11.3. The van der Waals surface area contributed by atoms with Crippen LogP contribution in [0.5, 0.6) is 0 Å². The van der Waals surface area contributed by atoms with Crippen LogP contribution in [-0.4, -0.2) is 16.8 Å². The van der Waals surface area contributed by atoms with Gasteiger partial charge in [-0.3, -0.25) is 4.79 Å². The zero-order valence-corrected chi connectivity index (χ0v) is 8.89. The average molecular weight is 226 g/mol. The molecule has 0 amide bonds. The van der Waals surface area contributed by atoms with Crippen LogP contribution in [0.4, 0.5) is 4.39 Å². The Balaban J connectivity index is 2.34. The molecule has 0 saturated heterocycles. The molecule has 0 radical (unpaired) electrons. The molecule has 0 bridgehead atoms. The summed E-state index contributed by atoms with van der Waals surface area (Å²) in [6, 6.07) is 4.90. The van der Waals surface area contributed by atoms with Crippen molar-refractivity contribution in [2.24, 2.45) is 0 Å². The van der Waals surface area contributed by atoms with Crippen molar-refractivity contribution in [1.29, 1.82) is 0 Å². The predicted molar refractivity (Wildman–Crippen MR) is 56.7 cm³/mol. The Bertz CT molecular complexity index is 392. The van der Waals surface area contributed by atoms with Crippen LogP contribution in [-0.2, 0) is 4.79 Å². The lowest BCUT2D eigenvalue weighted by atomic mass is 9.92. The summed E-state index contributed by atoms with van der Waals surface area (Å²) in [6.45, 7) is 0. The highest BCUT2D eigenvalue weighted by Crippen LogP contribution is 2.40. The van der Waals surface area contributed by atoms with Crippen LogP contribution in [0.15, 0.2) is 23.1 Å². The van der Waals surface area contributed by atoms with Crippen LogP contribution in [0, 0.1) is 5.82 Å². The van der Waals surface area contributed by atoms with Gasteiger partial charge in [0.2, 0.25) is 0 Å². The molecule has 1 heterocycles. The topological polar surface area (TPSA) is 37.3 Å². The van der Waals surface area contributed by atoms with Crippen molar-refractivity contribution in [3.05, 3.63) is 29.6 Å². The zero-order valence-electron chi connectivity index (χ0n) is 8.07. The van der Waals surface area contributed by atoms with Gasteiger partial charge in [0.15, 0.2) is 0 Å². The standard InChI is InChI=1S/C11H11FO2S/c12-9-3-1-2-8-7(6-10(13)14)4-5-15-11(8)9/h1-3,7H,4-6H2,(H,13,14). The molecule has 1 atom stereocenters. The number of carbonyl (C=O) groups is 1. The molecule has 1 aromatic rings. The van der Waals surface area contributed by atoms with E-state index in [0.717, 1.165) is 17.7 Å². The van der Waals surface area contributed by atoms with Gasteiger partial charge in [0.05, 0.1) is 6.42 Å². The fraction of sp³-hybridized carbons (Fsp3) is 0.364. The lowest BCUT2D eigenvalue weighted by Crippen LogP contribution is -2.12. The van der Waals surface area contributed by atoms with E-state index in [9.17, 15) is 9.18 Å². The van der Waals surface area contributed by atoms with E-state index in [2.05, 4.69) is 0 Å². The van der Waals surface area contributed by atoms with E-state index in [-0.39, 0.29) is 18.2 Å². The number of halogens is 1. The number of hydrogen-bond donors (Lipinski definition) is 1. The summed E-state index contributed by atoms with van der Waals surface area (Å²) in [5.74, 6) is -0.282. The van der Waals surface area contributed by atoms with Crippen LogP contribution in [0.2, 0.25) is 0 Å². The fourth-order valence-corrected chi connectivity index (χ4v) is 3.09. The van der Waals surface area contributed by atoms with Crippen molar-refractivity contribution in [2.45, 2.75) is 23.7 Å². The third-order valence-corrected chi connectivity index (χ3v) is 3.73. The Morgan fingerprint density at radius 1 is 1.60 bits per heavy atom. The van der Waals surface area contributed by atoms with Crippen molar-refractivity contribution >= 4 is 17.7 Å². The van der Waals surface area contributed by atoms with Crippen molar-refractivity contribution in [3.8, 4) is 0 Å². The minimum Gasteiger partial charge on any atom is -0.481 e. The first-order chi connectivity index (χ1) is 7.18. The monoisotopic (exact) mass is 226 g/mol. The lowest BCUT2D eigenvalue weighted by molar-refractivity contribution is -0.137. The molecule has 15 heavy (non-hydrogen) atoms. The first-order valence-corrected chi connectivity index (χ1v) is 5.80. The second-order valence-corrected chi connectivity index (χ2v) is 4.70. The normalized spacial score (nSPS) is 19.7. The number of hydrogen-bond acceptors (Lipinski definition) is 2. The zero-order chi connectivity index (χ0) is 10.8. The van der Waals surface area contributed by atoms with E-state index in [4.69, 9.17) is 5.11 Å². The number of thioether (sulfide) groups is 1. The first-order valence-electron chi connectivity index (χ1n) is 4.81. The number of aliphatic carboxylic acids is 1. The summed E-state index contributed by atoms with van der Waals surface area (Å²) >= 11 is 1.48. The van der Waals surface area contributed by atoms with E-state index in [0.29, 0.717) is 4.90 Å². The van der Waals surface area contributed by atoms with Gasteiger partial charge in [0, 0.05) is 4.90 Å². The molecule has 0 saturated carbocycles. The van der Waals surface area contributed by atoms with Crippen LogP contribution >= 0.6 is 11.8 Å². The summed E-state index contributed by atoms with van der Waals surface area (Å²) in [7, 11) is 0. The van der Waals surface area contributed by atoms with Crippen LogP contribution < -0.4 is 0 Å². The number of carboxylic acids is 1. The Labute approximate surface area is 91.5 Å². The highest BCUT2D eigenvalue weighted by atomic mass is 32.2. The van der Waals surface area contributed by atoms with Gasteiger partial charge >= 0.3 is 5.97 Å². The van der Waals surface area contributed by atoms with E-state index < -0.39 is 5.97 Å². The maximum Gasteiger partial charge on any atom is 0.303 e. The molecule has 1 aliphatic heterocycles. The highest BCUT2D eigenvalue weighted by molar-refractivity contribution is 7.99. The third kappa shape index (κ3) is 2.15. The summed E-state index contributed by atoms with van der Waals surface area (Å²) in [6.07, 6.45) is 0.907. The van der Waals surface area contributed by atoms with E-state index in [1.54, 1.807) is 6.07 Å². The van der Waals surface area contributed by atoms with Gasteiger partial charge in [-0.25, -0.2) is 4.39 Å². The van der Waals surface area contributed by atoms with Crippen molar-refractivity contribution < 1.29 is 14.3 Å². The SMILES string of the molecule is O=C(O)CC1CCSc2c(F)cccc21. The van der Waals surface area contributed by atoms with Gasteiger partial charge in [-0.05, 0) is 29.7 Å². The van der Waals surface area contributed by atoms with Crippen molar-refractivity contribution in [1.82, 2.24) is 0 Å². The molecule has 1 aromatic carbocycles. The van der Waals surface area contributed by atoms with Crippen LogP contribution in [0.1, 0.15) is 24.3 Å². The second kappa shape index (κ2) is 4.23. The molecule has 0 fully saturated rings. The Hall–Kier alpha value is -1.03. The maximum atomic E-state index is 13.4.